The third-order valence-corrected chi connectivity index (χ3v) is 3.74. The Morgan fingerprint density at radius 3 is 2.96 bits per heavy atom. The minimum atomic E-state index is -0.0831. The summed E-state index contributed by atoms with van der Waals surface area (Å²) < 4.78 is 16.7. The zero-order valence-corrected chi connectivity index (χ0v) is 14.1. The van der Waals surface area contributed by atoms with Crippen molar-refractivity contribution in [3.8, 4) is 5.75 Å². The number of hydrogen-bond donors (Lipinski definition) is 1. The third-order valence-electron chi connectivity index (χ3n) is 3.74. The molecule has 1 heterocycles. The molecule has 1 atom stereocenters. The van der Waals surface area contributed by atoms with E-state index in [1.54, 1.807) is 6.07 Å². The van der Waals surface area contributed by atoms with E-state index in [4.69, 9.17) is 14.2 Å². The first-order valence-electron chi connectivity index (χ1n) is 8.47. The molecule has 1 unspecified atom stereocenters. The molecule has 1 amide bonds. The highest BCUT2D eigenvalue weighted by Crippen LogP contribution is 2.21. The Labute approximate surface area is 138 Å². The first kappa shape index (κ1) is 17.8. The highest BCUT2D eigenvalue weighted by molar-refractivity contribution is 5.94. The van der Waals surface area contributed by atoms with Crippen molar-refractivity contribution in [1.29, 1.82) is 0 Å². The van der Waals surface area contributed by atoms with E-state index >= 15 is 0 Å². The lowest BCUT2D eigenvalue weighted by Crippen LogP contribution is -2.31. The molecule has 0 bridgehead atoms. The quantitative estimate of drug-likeness (QED) is 0.711. The topological polar surface area (TPSA) is 56.8 Å². The zero-order chi connectivity index (χ0) is 16.5. The summed E-state index contributed by atoms with van der Waals surface area (Å²) >= 11 is 0. The van der Waals surface area contributed by atoms with Crippen LogP contribution in [0.3, 0.4) is 0 Å². The van der Waals surface area contributed by atoms with E-state index in [2.05, 4.69) is 12.2 Å². The maximum atomic E-state index is 12.3. The van der Waals surface area contributed by atoms with E-state index in [1.807, 2.05) is 19.1 Å². The fraction of sp³-hybridized carbons (Fsp3) is 0.611. The molecule has 1 aromatic carbocycles. The summed E-state index contributed by atoms with van der Waals surface area (Å²) in [5.74, 6) is 0.694. The van der Waals surface area contributed by atoms with E-state index in [-0.39, 0.29) is 12.0 Å². The molecule has 5 nitrogen and oxygen atoms in total. The van der Waals surface area contributed by atoms with E-state index in [0.29, 0.717) is 31.9 Å². The highest BCUT2D eigenvalue weighted by atomic mass is 16.5. The number of benzene rings is 1. The second kappa shape index (κ2) is 9.53. The molecule has 1 saturated heterocycles. The van der Waals surface area contributed by atoms with E-state index in [9.17, 15) is 4.79 Å². The normalized spacial score (nSPS) is 17.2. The van der Waals surface area contributed by atoms with E-state index in [0.717, 1.165) is 37.2 Å². The molecule has 1 aliphatic rings. The number of carbonyl (C=O) groups is 1. The second-order valence-electron chi connectivity index (χ2n) is 5.65. The molecule has 0 aromatic heterocycles. The van der Waals surface area contributed by atoms with Gasteiger partial charge in [0.2, 0.25) is 0 Å². The molecular weight excluding hydrogens is 294 g/mol. The van der Waals surface area contributed by atoms with E-state index < -0.39 is 0 Å². The van der Waals surface area contributed by atoms with Crippen LogP contribution in [0, 0.1) is 0 Å². The Morgan fingerprint density at radius 1 is 1.39 bits per heavy atom. The number of nitrogens with one attached hydrogen (secondary N) is 1. The van der Waals surface area contributed by atoms with Gasteiger partial charge < -0.3 is 19.5 Å². The standard InChI is InChI=1S/C18H27NO4/c1-3-9-21-13-15-11-14(7-8-17(15)22-4-2)18(20)19-12-16-6-5-10-23-16/h7-8,11,16H,3-6,9-10,12-13H2,1-2H3,(H,19,20). The minimum absolute atomic E-state index is 0.0831. The summed E-state index contributed by atoms with van der Waals surface area (Å²) in [6.45, 7) is 7.11. The van der Waals surface area contributed by atoms with Crippen molar-refractivity contribution >= 4 is 5.91 Å². The zero-order valence-electron chi connectivity index (χ0n) is 14.1. The number of amides is 1. The number of hydrogen-bond acceptors (Lipinski definition) is 4. The third kappa shape index (κ3) is 5.52. The van der Waals surface area contributed by atoms with Crippen LogP contribution < -0.4 is 10.1 Å². The molecular formula is C18H27NO4. The summed E-state index contributed by atoms with van der Waals surface area (Å²) in [6.07, 6.45) is 3.20. The van der Waals surface area contributed by atoms with Crippen molar-refractivity contribution in [3.05, 3.63) is 29.3 Å². The van der Waals surface area contributed by atoms with Crippen molar-refractivity contribution in [1.82, 2.24) is 5.32 Å². The van der Waals surface area contributed by atoms with Crippen LogP contribution in [-0.2, 0) is 16.1 Å². The molecule has 0 radical (unpaired) electrons. The van der Waals surface area contributed by atoms with Gasteiger partial charge in [0, 0.05) is 30.9 Å². The minimum Gasteiger partial charge on any atom is -0.494 e. The summed E-state index contributed by atoms with van der Waals surface area (Å²) in [6, 6.07) is 5.49. The van der Waals surface area contributed by atoms with Gasteiger partial charge in [0.05, 0.1) is 19.3 Å². The Morgan fingerprint density at radius 2 is 2.26 bits per heavy atom. The van der Waals surface area contributed by atoms with Gasteiger partial charge in [-0.1, -0.05) is 6.92 Å². The van der Waals surface area contributed by atoms with E-state index in [1.165, 1.54) is 0 Å². The molecule has 2 rings (SSSR count). The predicted octanol–water partition coefficient (Wildman–Crippen LogP) is 2.92. The average Bonchev–Trinajstić information content (AvgIpc) is 3.08. The van der Waals surface area contributed by atoms with Gasteiger partial charge in [-0.05, 0) is 44.4 Å². The maximum Gasteiger partial charge on any atom is 0.251 e. The SMILES string of the molecule is CCCOCc1cc(C(=O)NCC2CCCO2)ccc1OCC. The monoisotopic (exact) mass is 321 g/mol. The fourth-order valence-electron chi connectivity index (χ4n) is 2.57. The molecule has 23 heavy (non-hydrogen) atoms. The summed E-state index contributed by atoms with van der Waals surface area (Å²) in [5, 5.41) is 2.94. The second-order valence-corrected chi connectivity index (χ2v) is 5.65. The highest BCUT2D eigenvalue weighted by Gasteiger charge is 2.17. The molecule has 1 aliphatic heterocycles. The van der Waals surface area contributed by atoms with Gasteiger partial charge in [0.15, 0.2) is 0 Å². The molecule has 128 valence electrons. The molecule has 0 aliphatic carbocycles. The Bertz CT molecular complexity index is 498. The fourth-order valence-corrected chi connectivity index (χ4v) is 2.57. The lowest BCUT2D eigenvalue weighted by molar-refractivity contribution is 0.0857. The Balaban J connectivity index is 1.98. The van der Waals surface area contributed by atoms with Crippen LogP contribution >= 0.6 is 0 Å². The predicted molar refractivity (Wildman–Crippen MR) is 88.9 cm³/mol. The Kier molecular flexibility index (Phi) is 7.36. The van der Waals surface area contributed by atoms with Crippen LogP contribution in [0.4, 0.5) is 0 Å². The molecule has 1 aromatic rings. The van der Waals surface area contributed by atoms with Gasteiger partial charge in [0.1, 0.15) is 5.75 Å². The van der Waals surface area contributed by atoms with Gasteiger partial charge in [-0.25, -0.2) is 0 Å². The number of rotatable bonds is 9. The van der Waals surface area contributed by atoms with Gasteiger partial charge in [-0.15, -0.1) is 0 Å². The molecule has 1 fully saturated rings. The summed E-state index contributed by atoms with van der Waals surface area (Å²) in [4.78, 5) is 12.3. The van der Waals surface area contributed by atoms with Gasteiger partial charge in [-0.3, -0.25) is 4.79 Å². The average molecular weight is 321 g/mol. The van der Waals surface area contributed by atoms with Gasteiger partial charge in [0.25, 0.3) is 5.91 Å². The summed E-state index contributed by atoms with van der Waals surface area (Å²) in [7, 11) is 0. The number of ether oxygens (including phenoxy) is 3. The van der Waals surface area contributed by atoms with Gasteiger partial charge in [-0.2, -0.15) is 0 Å². The molecule has 0 spiro atoms. The van der Waals surface area contributed by atoms with Crippen LogP contribution in [0.1, 0.15) is 49.0 Å². The smallest absolute Gasteiger partial charge is 0.251 e. The van der Waals surface area contributed by atoms with Crippen LogP contribution in [0.25, 0.3) is 0 Å². The molecule has 1 N–H and O–H groups in total. The van der Waals surface area contributed by atoms with Crippen molar-refractivity contribution in [2.75, 3.05) is 26.4 Å². The van der Waals surface area contributed by atoms with Crippen molar-refractivity contribution in [2.24, 2.45) is 0 Å². The maximum absolute atomic E-state index is 12.3. The largest absolute Gasteiger partial charge is 0.494 e. The van der Waals surface area contributed by atoms with Crippen molar-refractivity contribution < 1.29 is 19.0 Å². The van der Waals surface area contributed by atoms with Crippen LogP contribution in [0.5, 0.6) is 5.75 Å². The lowest BCUT2D eigenvalue weighted by Gasteiger charge is -2.14. The van der Waals surface area contributed by atoms with Gasteiger partial charge >= 0.3 is 0 Å². The number of carbonyl (C=O) groups excluding carboxylic acids is 1. The van der Waals surface area contributed by atoms with Crippen molar-refractivity contribution in [3.63, 3.8) is 0 Å². The molecule has 0 saturated carbocycles. The van der Waals surface area contributed by atoms with Crippen LogP contribution in [0.2, 0.25) is 0 Å². The van der Waals surface area contributed by atoms with Crippen LogP contribution in [-0.4, -0.2) is 38.4 Å². The first-order valence-corrected chi connectivity index (χ1v) is 8.47. The molecule has 5 heteroatoms. The Hall–Kier alpha value is -1.59. The lowest BCUT2D eigenvalue weighted by atomic mass is 10.1. The summed E-state index contributed by atoms with van der Waals surface area (Å²) in [5.41, 5.74) is 1.53. The first-order chi connectivity index (χ1) is 11.2. The van der Waals surface area contributed by atoms with Crippen molar-refractivity contribution in [2.45, 2.75) is 45.8 Å². The van der Waals surface area contributed by atoms with Crippen LogP contribution in [0.15, 0.2) is 18.2 Å².